The van der Waals surface area contributed by atoms with Crippen LogP contribution in [0.3, 0.4) is 0 Å². The Morgan fingerprint density at radius 2 is 2.17 bits per heavy atom. The van der Waals surface area contributed by atoms with Crippen LogP contribution in [0.1, 0.15) is 25.8 Å². The maximum absolute atomic E-state index is 13.3. The number of carbonyl (C=O) groups is 1. The molecule has 0 aliphatic rings. The van der Waals surface area contributed by atoms with E-state index in [1.807, 2.05) is 13.8 Å². The van der Waals surface area contributed by atoms with Gasteiger partial charge in [0.15, 0.2) is 0 Å². The lowest BCUT2D eigenvalue weighted by atomic mass is 10.0. The quantitative estimate of drug-likeness (QED) is 0.847. The van der Waals surface area contributed by atoms with Crippen molar-refractivity contribution in [3.05, 3.63) is 34.1 Å². The minimum absolute atomic E-state index is 0.292. The van der Waals surface area contributed by atoms with Gasteiger partial charge in [0.2, 0.25) is 0 Å². The highest BCUT2D eigenvalue weighted by Crippen LogP contribution is 2.16. The normalized spacial score (nSPS) is 12.7. The van der Waals surface area contributed by atoms with Crippen molar-refractivity contribution in [2.24, 2.45) is 5.92 Å². The standard InChI is InChI=1S/C13H17BrFNO2/c1-8(2)5-12(13(17)18)16-7-9-3-4-10(14)11(15)6-9/h3-4,6,8,12,16H,5,7H2,1-2H3,(H,17,18)/t12-/m0/s1. The number of nitrogens with one attached hydrogen (secondary N) is 1. The molecule has 0 aliphatic heterocycles. The Morgan fingerprint density at radius 3 is 2.67 bits per heavy atom. The summed E-state index contributed by atoms with van der Waals surface area (Å²) in [5.74, 6) is -0.924. The molecule has 0 radical (unpaired) electrons. The fourth-order valence-corrected chi connectivity index (χ4v) is 1.88. The first-order valence-electron chi connectivity index (χ1n) is 5.80. The highest BCUT2D eigenvalue weighted by molar-refractivity contribution is 9.10. The summed E-state index contributed by atoms with van der Waals surface area (Å²) in [5, 5.41) is 12.0. The fraction of sp³-hybridized carbons (Fsp3) is 0.462. The molecular formula is C13H17BrFNO2. The van der Waals surface area contributed by atoms with Crippen molar-refractivity contribution in [3.63, 3.8) is 0 Å². The number of carboxylic acid groups (broad SMARTS) is 1. The first-order valence-corrected chi connectivity index (χ1v) is 6.59. The van der Waals surface area contributed by atoms with E-state index in [0.29, 0.717) is 23.4 Å². The average molecular weight is 318 g/mol. The van der Waals surface area contributed by atoms with E-state index in [2.05, 4.69) is 21.2 Å². The molecule has 0 unspecified atom stereocenters. The van der Waals surface area contributed by atoms with Crippen molar-refractivity contribution < 1.29 is 14.3 Å². The molecule has 100 valence electrons. The Labute approximate surface area is 115 Å². The van der Waals surface area contributed by atoms with Crippen LogP contribution in [0.5, 0.6) is 0 Å². The van der Waals surface area contributed by atoms with E-state index in [0.717, 1.165) is 5.56 Å². The molecule has 2 N–H and O–H groups in total. The Hall–Kier alpha value is -0.940. The second-order valence-electron chi connectivity index (χ2n) is 4.65. The largest absolute Gasteiger partial charge is 0.480 e. The van der Waals surface area contributed by atoms with Gasteiger partial charge in [0.05, 0.1) is 4.47 Å². The molecule has 1 aromatic carbocycles. The summed E-state index contributed by atoms with van der Waals surface area (Å²) in [6.07, 6.45) is 0.550. The Morgan fingerprint density at radius 1 is 1.50 bits per heavy atom. The number of aliphatic carboxylic acids is 1. The molecule has 0 saturated heterocycles. The fourth-order valence-electron chi connectivity index (χ4n) is 1.63. The molecule has 18 heavy (non-hydrogen) atoms. The van der Waals surface area contributed by atoms with Crippen LogP contribution in [-0.4, -0.2) is 17.1 Å². The highest BCUT2D eigenvalue weighted by atomic mass is 79.9. The van der Waals surface area contributed by atoms with Gasteiger partial charge >= 0.3 is 5.97 Å². The van der Waals surface area contributed by atoms with Crippen molar-refractivity contribution in [1.29, 1.82) is 0 Å². The van der Waals surface area contributed by atoms with Crippen molar-refractivity contribution in [2.45, 2.75) is 32.9 Å². The van der Waals surface area contributed by atoms with Crippen molar-refractivity contribution in [3.8, 4) is 0 Å². The first-order chi connectivity index (χ1) is 8.40. The zero-order valence-electron chi connectivity index (χ0n) is 10.4. The Kier molecular flexibility index (Phi) is 5.75. The zero-order chi connectivity index (χ0) is 13.7. The number of benzene rings is 1. The molecule has 3 nitrogen and oxygen atoms in total. The lowest BCUT2D eigenvalue weighted by Gasteiger charge is -2.16. The van der Waals surface area contributed by atoms with Gasteiger partial charge in [-0.2, -0.15) is 0 Å². The van der Waals surface area contributed by atoms with Crippen LogP contribution in [0.4, 0.5) is 4.39 Å². The predicted octanol–water partition coefficient (Wildman–Crippen LogP) is 3.18. The lowest BCUT2D eigenvalue weighted by Crippen LogP contribution is -2.37. The summed E-state index contributed by atoms with van der Waals surface area (Å²) in [6.45, 7) is 4.28. The van der Waals surface area contributed by atoms with E-state index in [1.165, 1.54) is 6.07 Å². The van der Waals surface area contributed by atoms with Gasteiger partial charge in [0.25, 0.3) is 0 Å². The molecule has 0 aliphatic carbocycles. The number of halogens is 2. The van der Waals surface area contributed by atoms with Gasteiger partial charge in [-0.25, -0.2) is 4.39 Å². The van der Waals surface area contributed by atoms with Gasteiger partial charge in [-0.3, -0.25) is 4.79 Å². The number of hydrogen-bond donors (Lipinski definition) is 2. The molecule has 0 spiro atoms. The molecule has 1 aromatic rings. The molecule has 0 fully saturated rings. The number of rotatable bonds is 6. The summed E-state index contributed by atoms with van der Waals surface area (Å²) >= 11 is 3.08. The van der Waals surface area contributed by atoms with Crippen LogP contribution in [0.25, 0.3) is 0 Å². The van der Waals surface area contributed by atoms with Crippen LogP contribution in [-0.2, 0) is 11.3 Å². The molecular weight excluding hydrogens is 301 g/mol. The highest BCUT2D eigenvalue weighted by Gasteiger charge is 2.18. The van der Waals surface area contributed by atoms with Crippen molar-refractivity contribution in [2.75, 3.05) is 0 Å². The average Bonchev–Trinajstić information content (AvgIpc) is 2.28. The molecule has 0 aromatic heterocycles. The summed E-state index contributed by atoms with van der Waals surface area (Å²) in [6, 6.07) is 4.17. The second kappa shape index (κ2) is 6.85. The molecule has 5 heteroatoms. The Bertz CT molecular complexity index is 423. The van der Waals surface area contributed by atoms with E-state index < -0.39 is 12.0 Å². The van der Waals surface area contributed by atoms with Crippen LogP contribution >= 0.6 is 15.9 Å². The summed E-state index contributed by atoms with van der Waals surface area (Å²) < 4.78 is 13.7. The topological polar surface area (TPSA) is 49.3 Å². The van der Waals surface area contributed by atoms with E-state index in [-0.39, 0.29) is 5.82 Å². The van der Waals surface area contributed by atoms with Gasteiger partial charge in [-0.15, -0.1) is 0 Å². The molecule has 0 saturated carbocycles. The molecule has 1 atom stereocenters. The maximum atomic E-state index is 13.3. The smallest absolute Gasteiger partial charge is 0.320 e. The van der Waals surface area contributed by atoms with Crippen LogP contribution < -0.4 is 5.32 Å². The van der Waals surface area contributed by atoms with E-state index in [4.69, 9.17) is 5.11 Å². The lowest BCUT2D eigenvalue weighted by molar-refractivity contribution is -0.140. The van der Waals surface area contributed by atoms with Gasteiger partial charge < -0.3 is 10.4 Å². The van der Waals surface area contributed by atoms with Crippen LogP contribution in [0.15, 0.2) is 22.7 Å². The molecule has 1 rings (SSSR count). The van der Waals surface area contributed by atoms with E-state index in [1.54, 1.807) is 12.1 Å². The summed E-state index contributed by atoms with van der Waals surface area (Å²) in [4.78, 5) is 11.0. The van der Waals surface area contributed by atoms with Crippen LogP contribution in [0.2, 0.25) is 0 Å². The second-order valence-corrected chi connectivity index (χ2v) is 5.50. The number of hydrogen-bond acceptors (Lipinski definition) is 2. The van der Waals surface area contributed by atoms with E-state index >= 15 is 0 Å². The predicted molar refractivity (Wildman–Crippen MR) is 71.8 cm³/mol. The van der Waals surface area contributed by atoms with Crippen molar-refractivity contribution in [1.82, 2.24) is 5.32 Å². The molecule has 0 bridgehead atoms. The molecule has 0 amide bonds. The van der Waals surface area contributed by atoms with Gasteiger partial charge in [0.1, 0.15) is 11.9 Å². The van der Waals surface area contributed by atoms with E-state index in [9.17, 15) is 9.18 Å². The first kappa shape index (κ1) is 15.1. The summed E-state index contributed by atoms with van der Waals surface area (Å²) in [5.41, 5.74) is 0.728. The van der Waals surface area contributed by atoms with Gasteiger partial charge in [-0.05, 0) is 46.0 Å². The SMILES string of the molecule is CC(C)C[C@H](NCc1ccc(Br)c(F)c1)C(=O)O. The third-order valence-electron chi connectivity index (χ3n) is 2.54. The summed E-state index contributed by atoms with van der Waals surface area (Å²) in [7, 11) is 0. The minimum Gasteiger partial charge on any atom is -0.480 e. The van der Waals surface area contributed by atoms with Gasteiger partial charge in [-0.1, -0.05) is 19.9 Å². The van der Waals surface area contributed by atoms with Crippen molar-refractivity contribution >= 4 is 21.9 Å². The van der Waals surface area contributed by atoms with Crippen LogP contribution in [0, 0.1) is 11.7 Å². The maximum Gasteiger partial charge on any atom is 0.320 e. The Balaban J connectivity index is 2.61. The molecule has 0 heterocycles. The zero-order valence-corrected chi connectivity index (χ0v) is 12.0. The monoisotopic (exact) mass is 317 g/mol. The van der Waals surface area contributed by atoms with Gasteiger partial charge in [0, 0.05) is 6.54 Å². The number of carboxylic acids is 1. The third kappa shape index (κ3) is 4.74. The minimum atomic E-state index is -0.874. The third-order valence-corrected chi connectivity index (χ3v) is 3.18.